The van der Waals surface area contributed by atoms with E-state index < -0.39 is 10.9 Å². The average Bonchev–Trinajstić information content (AvgIpc) is 2.57. The van der Waals surface area contributed by atoms with Crippen molar-refractivity contribution in [2.24, 2.45) is 0 Å². The van der Waals surface area contributed by atoms with Gasteiger partial charge in [-0.2, -0.15) is 0 Å². The molecule has 0 aliphatic carbocycles. The van der Waals surface area contributed by atoms with Gasteiger partial charge in [-0.25, -0.2) is 4.79 Å². The highest BCUT2D eigenvalue weighted by molar-refractivity contribution is 5.91. The van der Waals surface area contributed by atoms with Gasteiger partial charge in [-0.3, -0.25) is 10.1 Å². The first-order chi connectivity index (χ1) is 11.4. The molecule has 0 atom stereocenters. The number of hydrogen-bond donors (Lipinski definition) is 0. The summed E-state index contributed by atoms with van der Waals surface area (Å²) in [6, 6.07) is 3.24. The molecule has 24 heavy (non-hydrogen) atoms. The number of nitro groups is 1. The number of methoxy groups -OCH3 is 1. The Morgan fingerprint density at radius 1 is 1.38 bits per heavy atom. The number of carbonyl (C=O) groups excluding carboxylic acids is 1. The van der Waals surface area contributed by atoms with Gasteiger partial charge in [0.1, 0.15) is 0 Å². The van der Waals surface area contributed by atoms with Gasteiger partial charge >= 0.3 is 11.7 Å². The highest BCUT2D eigenvalue weighted by atomic mass is 16.6. The van der Waals surface area contributed by atoms with Crippen LogP contribution in [0, 0.1) is 10.1 Å². The van der Waals surface area contributed by atoms with Crippen molar-refractivity contribution in [3.8, 4) is 5.75 Å². The number of nitro benzene ring substituents is 1. The fourth-order valence-corrected chi connectivity index (χ4v) is 2.12. The van der Waals surface area contributed by atoms with Gasteiger partial charge in [-0.1, -0.05) is 19.1 Å². The van der Waals surface area contributed by atoms with Gasteiger partial charge in [-0.15, -0.1) is 0 Å². The molecule has 0 bridgehead atoms. The number of rotatable bonds is 8. The summed E-state index contributed by atoms with van der Waals surface area (Å²) in [5.41, 5.74) is 1.80. The molecule has 130 valence electrons. The third-order valence-corrected chi connectivity index (χ3v) is 3.36. The lowest BCUT2D eigenvalue weighted by atomic mass is 10.00. The second-order valence-electron chi connectivity index (χ2n) is 5.21. The van der Waals surface area contributed by atoms with Gasteiger partial charge in [0, 0.05) is 17.7 Å². The molecule has 1 rings (SSSR count). The second kappa shape index (κ2) is 9.50. The predicted octanol–water partition coefficient (Wildman–Crippen LogP) is 4.08. The highest BCUT2D eigenvalue weighted by Crippen LogP contribution is 2.35. The molecule has 0 aliphatic heterocycles. The van der Waals surface area contributed by atoms with Gasteiger partial charge in [0.2, 0.25) is 5.75 Å². The molecule has 0 amide bonds. The SMILES string of the molecule is CC=CCc1cc(C(C)=CC(=O)OC)cc([N+](=O)[O-])c1OCCC. The van der Waals surface area contributed by atoms with E-state index in [0.29, 0.717) is 29.7 Å². The second-order valence-corrected chi connectivity index (χ2v) is 5.21. The molecule has 0 spiro atoms. The Morgan fingerprint density at radius 2 is 2.08 bits per heavy atom. The molecule has 0 fully saturated rings. The molecule has 0 N–H and O–H groups in total. The molecular formula is C18H23NO5. The van der Waals surface area contributed by atoms with Crippen LogP contribution >= 0.6 is 0 Å². The van der Waals surface area contributed by atoms with E-state index in [4.69, 9.17) is 4.74 Å². The van der Waals surface area contributed by atoms with E-state index >= 15 is 0 Å². The van der Waals surface area contributed by atoms with Crippen molar-refractivity contribution in [1.82, 2.24) is 0 Å². The third-order valence-electron chi connectivity index (χ3n) is 3.36. The molecule has 1 aromatic carbocycles. The lowest BCUT2D eigenvalue weighted by molar-refractivity contribution is -0.386. The Kier molecular flexibility index (Phi) is 7.68. The van der Waals surface area contributed by atoms with Crippen LogP contribution in [0.5, 0.6) is 5.75 Å². The first-order valence-corrected chi connectivity index (χ1v) is 7.76. The van der Waals surface area contributed by atoms with Gasteiger partial charge in [0.15, 0.2) is 0 Å². The number of hydrogen-bond acceptors (Lipinski definition) is 5. The van der Waals surface area contributed by atoms with Crippen molar-refractivity contribution < 1.29 is 19.2 Å². The van der Waals surface area contributed by atoms with Crippen LogP contribution in [0.1, 0.15) is 38.3 Å². The van der Waals surface area contributed by atoms with E-state index in [1.165, 1.54) is 19.3 Å². The van der Waals surface area contributed by atoms with Crippen molar-refractivity contribution in [2.75, 3.05) is 13.7 Å². The maximum absolute atomic E-state index is 11.5. The fraction of sp³-hybridized carbons (Fsp3) is 0.389. The Balaban J connectivity index is 3.47. The zero-order chi connectivity index (χ0) is 18.1. The van der Waals surface area contributed by atoms with Crippen LogP contribution in [0.25, 0.3) is 5.57 Å². The molecular weight excluding hydrogens is 310 g/mol. The molecule has 0 radical (unpaired) electrons. The summed E-state index contributed by atoms with van der Waals surface area (Å²) in [4.78, 5) is 22.4. The van der Waals surface area contributed by atoms with Crippen molar-refractivity contribution in [1.29, 1.82) is 0 Å². The summed E-state index contributed by atoms with van der Waals surface area (Å²) in [5.74, 6) is -0.217. The number of carbonyl (C=O) groups is 1. The Hall–Kier alpha value is -2.63. The lowest BCUT2D eigenvalue weighted by Gasteiger charge is -2.13. The zero-order valence-corrected chi connectivity index (χ0v) is 14.5. The van der Waals surface area contributed by atoms with E-state index in [-0.39, 0.29) is 11.4 Å². The van der Waals surface area contributed by atoms with Crippen molar-refractivity contribution in [2.45, 2.75) is 33.6 Å². The smallest absolute Gasteiger partial charge is 0.330 e. The van der Waals surface area contributed by atoms with Crippen LogP contribution in [0.15, 0.2) is 30.4 Å². The molecule has 1 aromatic rings. The van der Waals surface area contributed by atoms with Crippen LogP contribution in [-0.4, -0.2) is 24.6 Å². The van der Waals surface area contributed by atoms with Crippen LogP contribution in [0.2, 0.25) is 0 Å². The highest BCUT2D eigenvalue weighted by Gasteiger charge is 2.21. The molecule has 0 unspecified atom stereocenters. The van der Waals surface area contributed by atoms with E-state index in [0.717, 1.165) is 6.42 Å². The topological polar surface area (TPSA) is 78.7 Å². The first-order valence-electron chi connectivity index (χ1n) is 7.76. The van der Waals surface area contributed by atoms with Gasteiger partial charge in [-0.05, 0) is 43.9 Å². The summed E-state index contributed by atoms with van der Waals surface area (Å²) >= 11 is 0. The minimum Gasteiger partial charge on any atom is -0.487 e. The van der Waals surface area contributed by atoms with Crippen molar-refractivity contribution in [3.05, 3.63) is 51.6 Å². The summed E-state index contributed by atoms with van der Waals surface area (Å²) in [6.45, 7) is 5.93. The van der Waals surface area contributed by atoms with Gasteiger partial charge < -0.3 is 9.47 Å². The predicted molar refractivity (Wildman–Crippen MR) is 93.1 cm³/mol. The molecule has 0 aromatic heterocycles. The molecule has 0 saturated heterocycles. The zero-order valence-electron chi connectivity index (χ0n) is 14.5. The average molecular weight is 333 g/mol. The normalized spacial score (nSPS) is 11.6. The molecule has 6 heteroatoms. The van der Waals surface area contributed by atoms with Gasteiger partial charge in [0.25, 0.3) is 0 Å². The standard InChI is InChI=1S/C18H23NO5/c1-5-7-8-14-11-15(13(3)10-17(20)23-4)12-16(19(21)22)18(14)24-9-6-2/h5,7,10-12H,6,8-9H2,1-4H3. The molecule has 0 aliphatic rings. The number of esters is 1. The minimum absolute atomic E-state index is 0.0990. The van der Waals surface area contributed by atoms with Gasteiger partial charge in [0.05, 0.1) is 18.6 Å². The molecule has 0 heterocycles. The first kappa shape index (κ1) is 19.4. The number of nitrogens with zero attached hydrogens (tertiary/aromatic N) is 1. The van der Waals surface area contributed by atoms with E-state index in [2.05, 4.69) is 4.74 Å². The summed E-state index contributed by atoms with van der Waals surface area (Å²) in [7, 11) is 1.29. The van der Waals surface area contributed by atoms with Crippen LogP contribution < -0.4 is 4.74 Å². The number of allylic oxidation sites excluding steroid dienone is 3. The van der Waals surface area contributed by atoms with E-state index in [9.17, 15) is 14.9 Å². The van der Waals surface area contributed by atoms with Crippen molar-refractivity contribution in [3.63, 3.8) is 0 Å². The van der Waals surface area contributed by atoms with Crippen LogP contribution in [0.3, 0.4) is 0 Å². The van der Waals surface area contributed by atoms with Crippen LogP contribution in [-0.2, 0) is 16.0 Å². The molecule has 0 saturated carbocycles. The maximum atomic E-state index is 11.5. The monoisotopic (exact) mass is 333 g/mol. The Labute approximate surface area is 141 Å². The Morgan fingerprint density at radius 3 is 2.62 bits per heavy atom. The number of ether oxygens (including phenoxy) is 2. The van der Waals surface area contributed by atoms with Crippen LogP contribution in [0.4, 0.5) is 5.69 Å². The summed E-state index contributed by atoms with van der Waals surface area (Å²) < 4.78 is 10.2. The van der Waals surface area contributed by atoms with E-state index in [1.54, 1.807) is 6.92 Å². The summed E-state index contributed by atoms with van der Waals surface area (Å²) in [5, 5.41) is 11.5. The lowest BCUT2D eigenvalue weighted by Crippen LogP contribution is -2.04. The van der Waals surface area contributed by atoms with E-state index in [1.807, 2.05) is 32.1 Å². The molecule has 6 nitrogen and oxygen atoms in total. The fourth-order valence-electron chi connectivity index (χ4n) is 2.12. The number of benzene rings is 1. The van der Waals surface area contributed by atoms with Crippen molar-refractivity contribution >= 4 is 17.2 Å². The maximum Gasteiger partial charge on any atom is 0.330 e. The quantitative estimate of drug-likeness (QED) is 0.235. The third kappa shape index (κ3) is 5.22. The largest absolute Gasteiger partial charge is 0.487 e. The Bertz CT molecular complexity index is 662. The summed E-state index contributed by atoms with van der Waals surface area (Å²) in [6.07, 6.45) is 6.35. The minimum atomic E-state index is -0.503.